The van der Waals surface area contributed by atoms with Crippen LogP contribution >= 0.6 is 23.1 Å². The highest BCUT2D eigenvalue weighted by Gasteiger charge is 2.33. The first-order valence-corrected chi connectivity index (χ1v) is 9.79. The molecule has 2 aromatic rings. The fraction of sp³-hybridized carbons (Fsp3) is 0.417. The predicted octanol–water partition coefficient (Wildman–Crippen LogP) is 3.20. The average molecular weight is 386 g/mol. The Kier molecular flexibility index (Phi) is 4.86. The summed E-state index contributed by atoms with van der Waals surface area (Å²) in [7, 11) is -3.67. The van der Waals surface area contributed by atoms with E-state index < -0.39 is 21.9 Å². The fourth-order valence-corrected chi connectivity index (χ4v) is 4.36. The molecule has 23 heavy (non-hydrogen) atoms. The standard InChI is InChI=1S/C11H9F3N2S2.CH4O3S/c1-5-4-16-9-7(17-5)2-6(11(12,13)14)3-8(9)18-10(16)15;1-5(2,3)4/h2-3,5,15H,4H2,1H3;1H3,(H,2,3,4)/t5-;/m1./s1. The van der Waals surface area contributed by atoms with Crippen LogP contribution in [0.4, 0.5) is 13.2 Å². The van der Waals surface area contributed by atoms with Crippen molar-refractivity contribution >= 4 is 43.4 Å². The molecule has 0 bridgehead atoms. The third kappa shape index (κ3) is 4.49. The second-order valence-electron chi connectivity index (χ2n) is 5.00. The molecule has 2 heterocycles. The largest absolute Gasteiger partial charge is 0.416 e. The average Bonchev–Trinajstić information content (AvgIpc) is 2.63. The Balaban J connectivity index is 0.000000338. The zero-order valence-electron chi connectivity index (χ0n) is 12.0. The molecule has 2 N–H and O–H groups in total. The molecule has 1 aromatic heterocycles. The van der Waals surface area contributed by atoms with Crippen LogP contribution < -0.4 is 4.80 Å². The fourth-order valence-electron chi connectivity index (χ4n) is 2.13. The van der Waals surface area contributed by atoms with Crippen molar-refractivity contribution in [1.29, 1.82) is 5.41 Å². The molecule has 0 fully saturated rings. The lowest BCUT2D eigenvalue weighted by Crippen LogP contribution is -2.22. The quantitative estimate of drug-likeness (QED) is 0.681. The normalized spacial score (nSPS) is 17.7. The second-order valence-corrected chi connectivity index (χ2v) is 8.98. The van der Waals surface area contributed by atoms with Crippen LogP contribution in [0.5, 0.6) is 0 Å². The smallest absolute Gasteiger partial charge is 0.315 e. The van der Waals surface area contributed by atoms with E-state index in [1.54, 1.807) is 4.57 Å². The number of thioether (sulfide) groups is 1. The van der Waals surface area contributed by atoms with Crippen LogP contribution in [-0.4, -0.2) is 29.0 Å². The van der Waals surface area contributed by atoms with Gasteiger partial charge in [-0.05, 0) is 12.1 Å². The number of aromatic nitrogens is 1. The van der Waals surface area contributed by atoms with Crippen LogP contribution in [0.25, 0.3) is 10.2 Å². The van der Waals surface area contributed by atoms with Crippen LogP contribution in [-0.2, 0) is 22.8 Å². The topological polar surface area (TPSA) is 83.2 Å². The molecule has 1 aliphatic rings. The number of benzene rings is 1. The molecule has 128 valence electrons. The number of halogens is 3. The van der Waals surface area contributed by atoms with E-state index in [9.17, 15) is 21.6 Å². The maximum atomic E-state index is 12.8. The first kappa shape index (κ1) is 18.3. The van der Waals surface area contributed by atoms with Crippen LogP contribution in [0, 0.1) is 5.41 Å². The van der Waals surface area contributed by atoms with E-state index in [1.165, 1.54) is 17.8 Å². The molecule has 0 amide bonds. The third-order valence-electron chi connectivity index (χ3n) is 2.86. The van der Waals surface area contributed by atoms with Crippen LogP contribution in [0.1, 0.15) is 12.5 Å². The summed E-state index contributed by atoms with van der Waals surface area (Å²) in [6, 6.07) is 2.35. The number of thiazole rings is 1. The van der Waals surface area contributed by atoms with Gasteiger partial charge in [0.2, 0.25) is 0 Å². The number of hydrogen-bond acceptors (Lipinski definition) is 5. The number of nitrogens with zero attached hydrogens (tertiary/aromatic N) is 1. The van der Waals surface area contributed by atoms with Crippen LogP contribution in [0.2, 0.25) is 0 Å². The summed E-state index contributed by atoms with van der Waals surface area (Å²) >= 11 is 2.56. The van der Waals surface area contributed by atoms with Crippen LogP contribution in [0.3, 0.4) is 0 Å². The Labute approximate surface area is 138 Å². The second kappa shape index (κ2) is 6.11. The molecule has 1 aliphatic heterocycles. The Hall–Kier alpha value is -1.04. The maximum Gasteiger partial charge on any atom is 0.416 e. The highest BCUT2D eigenvalue weighted by Crippen LogP contribution is 2.41. The molecule has 0 spiro atoms. The van der Waals surface area contributed by atoms with Gasteiger partial charge < -0.3 is 4.57 Å². The molecule has 0 saturated heterocycles. The van der Waals surface area contributed by atoms with Gasteiger partial charge in [0, 0.05) is 16.7 Å². The predicted molar refractivity (Wildman–Crippen MR) is 83.5 cm³/mol. The van der Waals surface area contributed by atoms with Crippen molar-refractivity contribution in [2.24, 2.45) is 0 Å². The van der Waals surface area contributed by atoms with Gasteiger partial charge in [-0.25, -0.2) is 0 Å². The first-order chi connectivity index (χ1) is 10.4. The minimum absolute atomic E-state index is 0.188. The van der Waals surface area contributed by atoms with Gasteiger partial charge in [-0.3, -0.25) is 9.96 Å². The summed E-state index contributed by atoms with van der Waals surface area (Å²) in [5, 5.41) is 8.02. The highest BCUT2D eigenvalue weighted by molar-refractivity contribution is 8.00. The van der Waals surface area contributed by atoms with E-state index in [1.807, 2.05) is 6.92 Å². The van der Waals surface area contributed by atoms with Crippen molar-refractivity contribution in [2.75, 3.05) is 6.26 Å². The molecular formula is C12H13F3N2O3S3. The first-order valence-electron chi connectivity index (χ1n) is 6.24. The maximum absolute atomic E-state index is 12.8. The minimum atomic E-state index is -4.33. The van der Waals surface area contributed by atoms with Crippen molar-refractivity contribution in [1.82, 2.24) is 4.57 Å². The third-order valence-corrected chi connectivity index (χ3v) is 4.92. The molecule has 3 rings (SSSR count). The molecule has 0 unspecified atom stereocenters. The van der Waals surface area contributed by atoms with Gasteiger partial charge in [0.1, 0.15) is 0 Å². The molecule has 0 saturated carbocycles. The van der Waals surface area contributed by atoms with Gasteiger partial charge >= 0.3 is 6.18 Å². The lowest BCUT2D eigenvalue weighted by atomic mass is 10.2. The summed E-state index contributed by atoms with van der Waals surface area (Å²) in [5.41, 5.74) is 0.154. The summed E-state index contributed by atoms with van der Waals surface area (Å²) < 4.78 is 66.6. The van der Waals surface area contributed by atoms with Crippen molar-refractivity contribution in [2.45, 2.75) is 29.8 Å². The van der Waals surface area contributed by atoms with E-state index >= 15 is 0 Å². The monoisotopic (exact) mass is 386 g/mol. The molecule has 1 atom stereocenters. The lowest BCUT2D eigenvalue weighted by Gasteiger charge is -2.21. The van der Waals surface area contributed by atoms with Crippen LogP contribution in [0.15, 0.2) is 17.0 Å². The Morgan fingerprint density at radius 3 is 2.48 bits per heavy atom. The minimum Gasteiger partial charge on any atom is -0.315 e. The lowest BCUT2D eigenvalue weighted by molar-refractivity contribution is -0.137. The highest BCUT2D eigenvalue weighted by atomic mass is 32.2. The van der Waals surface area contributed by atoms with E-state index in [-0.39, 0.29) is 5.25 Å². The van der Waals surface area contributed by atoms with E-state index in [4.69, 9.17) is 9.96 Å². The molecule has 11 heteroatoms. The summed E-state index contributed by atoms with van der Waals surface area (Å²) in [5.74, 6) is 0. The van der Waals surface area contributed by atoms with Crippen molar-refractivity contribution in [3.8, 4) is 0 Å². The summed E-state index contributed by atoms with van der Waals surface area (Å²) in [4.78, 5) is 0.950. The number of alkyl halides is 3. The zero-order valence-corrected chi connectivity index (χ0v) is 14.5. The Morgan fingerprint density at radius 1 is 1.39 bits per heavy atom. The SMILES string of the molecule is CS(=O)(=O)O.C[C@@H]1Cn2c(=N)sc3cc(C(F)(F)F)cc(c32)S1. The number of hydrogen-bond donors (Lipinski definition) is 2. The van der Waals surface area contributed by atoms with E-state index in [2.05, 4.69) is 0 Å². The number of nitrogens with one attached hydrogen (secondary N) is 1. The van der Waals surface area contributed by atoms with Crippen molar-refractivity contribution in [3.05, 3.63) is 22.5 Å². The van der Waals surface area contributed by atoms with Gasteiger partial charge in [-0.1, -0.05) is 18.3 Å². The zero-order chi connectivity index (χ0) is 17.6. The Morgan fingerprint density at radius 2 is 1.96 bits per heavy atom. The van der Waals surface area contributed by atoms with Crippen molar-refractivity contribution in [3.63, 3.8) is 0 Å². The van der Waals surface area contributed by atoms with Gasteiger partial charge in [0.15, 0.2) is 4.80 Å². The Bertz CT molecular complexity index is 892. The van der Waals surface area contributed by atoms with Gasteiger partial charge in [-0.15, -0.1) is 11.8 Å². The van der Waals surface area contributed by atoms with E-state index in [0.29, 0.717) is 27.2 Å². The van der Waals surface area contributed by atoms with Gasteiger partial charge in [0.25, 0.3) is 10.1 Å². The van der Waals surface area contributed by atoms with Crippen molar-refractivity contribution < 1.29 is 26.1 Å². The molecule has 5 nitrogen and oxygen atoms in total. The summed E-state index contributed by atoms with van der Waals surface area (Å²) in [6.07, 6.45) is -3.62. The molecule has 0 radical (unpaired) electrons. The number of rotatable bonds is 0. The molecule has 1 aromatic carbocycles. The molecule has 0 aliphatic carbocycles. The van der Waals surface area contributed by atoms with Gasteiger partial charge in [-0.2, -0.15) is 21.6 Å². The van der Waals surface area contributed by atoms with Gasteiger partial charge in [0.05, 0.1) is 22.0 Å². The van der Waals surface area contributed by atoms with E-state index in [0.717, 1.165) is 22.9 Å². The summed E-state index contributed by atoms with van der Waals surface area (Å²) in [6.45, 7) is 2.64. The molecular weight excluding hydrogens is 373 g/mol.